The van der Waals surface area contributed by atoms with Gasteiger partial charge in [-0.2, -0.15) is 0 Å². The Morgan fingerprint density at radius 3 is 2.84 bits per heavy atom. The maximum Gasteiger partial charge on any atom is 0.170 e. The van der Waals surface area contributed by atoms with Crippen molar-refractivity contribution in [2.45, 2.75) is 6.92 Å². The largest absolute Gasteiger partial charge is 0.263 e. The molecule has 3 aromatic rings. The maximum atomic E-state index is 5.93. The Balaban J connectivity index is 2.34. The van der Waals surface area contributed by atoms with E-state index in [1.807, 2.05) is 29.5 Å². The van der Waals surface area contributed by atoms with Crippen LogP contribution in [0, 0.1) is 10.5 Å². The monoisotopic (exact) mass is 448 g/mol. The first-order valence-electron chi connectivity index (χ1n) is 5.40. The molecule has 19 heavy (non-hydrogen) atoms. The lowest BCUT2D eigenvalue weighted by Gasteiger charge is -2.06. The molecule has 0 spiro atoms. The Bertz CT molecular complexity index is 787. The van der Waals surface area contributed by atoms with Crippen molar-refractivity contribution in [2.75, 3.05) is 0 Å². The van der Waals surface area contributed by atoms with Crippen molar-refractivity contribution in [3.8, 4) is 11.4 Å². The van der Waals surface area contributed by atoms with Gasteiger partial charge in [-0.15, -0.1) is 10.2 Å². The smallest absolute Gasteiger partial charge is 0.170 e. The summed E-state index contributed by atoms with van der Waals surface area (Å²) in [6, 6.07) is 7.75. The SMILES string of the molecule is Cc1nc(Cl)cc2nnc(-c3cc(Br)ccc3I)n12. The summed E-state index contributed by atoms with van der Waals surface area (Å²) < 4.78 is 4.00. The van der Waals surface area contributed by atoms with E-state index >= 15 is 0 Å². The molecule has 0 saturated carbocycles. The predicted molar refractivity (Wildman–Crippen MR) is 86.4 cm³/mol. The number of hydrogen-bond acceptors (Lipinski definition) is 3. The first-order valence-corrected chi connectivity index (χ1v) is 7.65. The molecule has 2 aromatic heterocycles. The van der Waals surface area contributed by atoms with E-state index in [-0.39, 0.29) is 0 Å². The minimum atomic E-state index is 0.424. The molecular weight excluding hydrogens is 442 g/mol. The van der Waals surface area contributed by atoms with E-state index < -0.39 is 0 Å². The van der Waals surface area contributed by atoms with Crippen LogP contribution in [0.5, 0.6) is 0 Å². The highest BCUT2D eigenvalue weighted by atomic mass is 127. The zero-order chi connectivity index (χ0) is 13.6. The van der Waals surface area contributed by atoms with E-state index in [4.69, 9.17) is 11.6 Å². The first-order chi connectivity index (χ1) is 9.06. The van der Waals surface area contributed by atoms with Crippen LogP contribution < -0.4 is 0 Å². The molecule has 0 atom stereocenters. The van der Waals surface area contributed by atoms with Gasteiger partial charge in [0.2, 0.25) is 0 Å². The van der Waals surface area contributed by atoms with Gasteiger partial charge in [0.15, 0.2) is 11.5 Å². The van der Waals surface area contributed by atoms with E-state index in [1.54, 1.807) is 6.07 Å². The summed E-state index contributed by atoms with van der Waals surface area (Å²) in [5.74, 6) is 1.53. The van der Waals surface area contributed by atoms with Crippen molar-refractivity contribution < 1.29 is 0 Å². The number of hydrogen-bond donors (Lipinski definition) is 0. The Morgan fingerprint density at radius 2 is 2.05 bits per heavy atom. The normalized spacial score (nSPS) is 11.2. The molecule has 2 heterocycles. The molecule has 96 valence electrons. The molecule has 0 N–H and O–H groups in total. The maximum absolute atomic E-state index is 5.93. The van der Waals surface area contributed by atoms with Gasteiger partial charge in [0.25, 0.3) is 0 Å². The van der Waals surface area contributed by atoms with Crippen LogP contribution in [0.25, 0.3) is 17.0 Å². The van der Waals surface area contributed by atoms with Gasteiger partial charge in [-0.1, -0.05) is 27.5 Å². The Hall–Kier alpha value is -0.730. The summed E-state index contributed by atoms with van der Waals surface area (Å²) in [6.07, 6.45) is 0. The summed E-state index contributed by atoms with van der Waals surface area (Å²) in [5.41, 5.74) is 1.71. The minimum Gasteiger partial charge on any atom is -0.263 e. The van der Waals surface area contributed by atoms with Gasteiger partial charge < -0.3 is 0 Å². The quantitative estimate of drug-likeness (QED) is 0.415. The highest BCUT2D eigenvalue weighted by molar-refractivity contribution is 14.1. The number of nitrogens with zero attached hydrogens (tertiary/aromatic N) is 4. The summed E-state index contributed by atoms with van der Waals surface area (Å²) in [5, 5.41) is 8.84. The number of benzene rings is 1. The fourth-order valence-electron chi connectivity index (χ4n) is 1.90. The fourth-order valence-corrected chi connectivity index (χ4v) is 3.05. The van der Waals surface area contributed by atoms with Crippen LogP contribution in [-0.2, 0) is 0 Å². The van der Waals surface area contributed by atoms with Crippen LogP contribution in [0.15, 0.2) is 28.7 Å². The summed E-state index contributed by atoms with van der Waals surface area (Å²) in [6.45, 7) is 1.89. The van der Waals surface area contributed by atoms with Crippen LogP contribution in [0.4, 0.5) is 0 Å². The number of aromatic nitrogens is 4. The lowest BCUT2D eigenvalue weighted by atomic mass is 10.2. The molecule has 0 unspecified atom stereocenters. The van der Waals surface area contributed by atoms with Crippen LogP contribution in [-0.4, -0.2) is 19.6 Å². The molecule has 0 bridgehead atoms. The summed E-state index contributed by atoms with van der Waals surface area (Å²) >= 11 is 11.7. The Kier molecular flexibility index (Phi) is 3.48. The molecule has 0 amide bonds. The van der Waals surface area contributed by atoms with E-state index in [2.05, 4.69) is 53.7 Å². The standard InChI is InChI=1S/C12H7BrClIN4/c1-6-16-10(14)5-11-17-18-12(19(6)11)8-4-7(13)2-3-9(8)15/h2-5H,1H3. The van der Waals surface area contributed by atoms with Gasteiger partial charge in [0.1, 0.15) is 11.0 Å². The third-order valence-corrected chi connectivity index (χ3v) is 4.33. The van der Waals surface area contributed by atoms with Crippen molar-refractivity contribution in [3.05, 3.63) is 43.3 Å². The van der Waals surface area contributed by atoms with Crippen molar-refractivity contribution in [1.29, 1.82) is 0 Å². The molecule has 0 fully saturated rings. The Labute approximate surface area is 136 Å². The molecule has 1 aromatic carbocycles. The zero-order valence-corrected chi connectivity index (χ0v) is 14.2. The van der Waals surface area contributed by atoms with Crippen LogP contribution >= 0.6 is 50.1 Å². The van der Waals surface area contributed by atoms with Gasteiger partial charge in [0, 0.05) is 19.7 Å². The summed E-state index contributed by atoms with van der Waals surface area (Å²) in [7, 11) is 0. The topological polar surface area (TPSA) is 43.1 Å². The molecule has 0 saturated heterocycles. The summed E-state index contributed by atoms with van der Waals surface area (Å²) in [4.78, 5) is 4.25. The molecule has 3 rings (SSSR count). The molecule has 7 heteroatoms. The van der Waals surface area contributed by atoms with Crippen molar-refractivity contribution in [3.63, 3.8) is 0 Å². The molecular formula is C12H7BrClIN4. The molecule has 0 radical (unpaired) electrons. The van der Waals surface area contributed by atoms with Gasteiger partial charge >= 0.3 is 0 Å². The lowest BCUT2D eigenvalue weighted by molar-refractivity contribution is 0.987. The zero-order valence-electron chi connectivity index (χ0n) is 9.73. The van der Waals surface area contributed by atoms with Crippen molar-refractivity contribution in [1.82, 2.24) is 19.6 Å². The molecule has 0 aliphatic rings. The van der Waals surface area contributed by atoms with Crippen molar-refractivity contribution >= 4 is 55.8 Å². The van der Waals surface area contributed by atoms with Gasteiger partial charge in [-0.05, 0) is 47.7 Å². The number of rotatable bonds is 1. The number of fused-ring (bicyclic) bond motifs is 1. The van der Waals surface area contributed by atoms with E-state index in [1.165, 1.54) is 0 Å². The first kappa shape index (κ1) is 13.3. The third kappa shape index (κ3) is 2.36. The van der Waals surface area contributed by atoms with Gasteiger partial charge in [-0.25, -0.2) is 4.98 Å². The Morgan fingerprint density at radius 1 is 1.26 bits per heavy atom. The van der Waals surface area contributed by atoms with Crippen LogP contribution in [0.1, 0.15) is 5.82 Å². The third-order valence-electron chi connectivity index (χ3n) is 2.70. The number of halogens is 3. The second-order valence-electron chi connectivity index (χ2n) is 3.97. The van der Waals surface area contributed by atoms with Gasteiger partial charge in [0.05, 0.1) is 0 Å². The molecule has 0 aliphatic carbocycles. The highest BCUT2D eigenvalue weighted by Gasteiger charge is 2.14. The fraction of sp³-hybridized carbons (Fsp3) is 0.0833. The van der Waals surface area contributed by atoms with Crippen LogP contribution in [0.3, 0.4) is 0 Å². The average molecular weight is 449 g/mol. The lowest BCUT2D eigenvalue weighted by Crippen LogP contribution is -1.99. The second kappa shape index (κ2) is 4.99. The van der Waals surface area contributed by atoms with Crippen LogP contribution in [0.2, 0.25) is 5.15 Å². The van der Waals surface area contributed by atoms with E-state index in [9.17, 15) is 0 Å². The average Bonchev–Trinajstić information content (AvgIpc) is 2.76. The number of aryl methyl sites for hydroxylation is 1. The van der Waals surface area contributed by atoms with E-state index in [0.717, 1.165) is 25.3 Å². The van der Waals surface area contributed by atoms with Crippen molar-refractivity contribution in [2.24, 2.45) is 0 Å². The van der Waals surface area contributed by atoms with Gasteiger partial charge in [-0.3, -0.25) is 4.40 Å². The highest BCUT2D eigenvalue weighted by Crippen LogP contribution is 2.28. The predicted octanol–water partition coefficient (Wildman–Crippen LogP) is 4.12. The van der Waals surface area contributed by atoms with E-state index in [0.29, 0.717) is 10.8 Å². The molecule has 4 nitrogen and oxygen atoms in total. The second-order valence-corrected chi connectivity index (χ2v) is 6.43. The molecule has 0 aliphatic heterocycles. The minimum absolute atomic E-state index is 0.424.